The molecule has 1 aromatic heterocycles. The molecule has 34 heavy (non-hydrogen) atoms. The maximum Gasteiger partial charge on any atom is 0.329 e. The molecule has 7 nitrogen and oxygen atoms in total. The molecule has 0 bridgehead atoms. The lowest BCUT2D eigenvalue weighted by Crippen LogP contribution is -2.48. The Hall–Kier alpha value is -2.88. The Morgan fingerprint density at radius 3 is 2.44 bits per heavy atom. The third-order valence-corrected chi connectivity index (χ3v) is 6.79. The Morgan fingerprint density at radius 2 is 1.79 bits per heavy atom. The molecule has 2 aromatic carbocycles. The second kappa shape index (κ2) is 11.5. The van der Waals surface area contributed by atoms with Crippen molar-refractivity contribution >= 4 is 35.5 Å². The van der Waals surface area contributed by atoms with Crippen LogP contribution < -0.4 is 19.8 Å². The van der Waals surface area contributed by atoms with E-state index < -0.39 is 6.03 Å². The number of hydrogen-bond acceptors (Lipinski definition) is 6. The number of ether oxygens (including phenoxy) is 1. The number of thiazole rings is 1. The molecule has 1 amide bonds. The van der Waals surface area contributed by atoms with E-state index in [1.165, 1.54) is 23.7 Å². The first-order chi connectivity index (χ1) is 16.0. The number of nitrogens with zero attached hydrogens (tertiary/aromatic N) is 3. The van der Waals surface area contributed by atoms with E-state index in [9.17, 15) is 14.0 Å². The molecule has 1 saturated heterocycles. The van der Waals surface area contributed by atoms with Crippen LogP contribution in [0.1, 0.15) is 17.3 Å². The van der Waals surface area contributed by atoms with Gasteiger partial charge in [0.1, 0.15) is 11.6 Å². The van der Waals surface area contributed by atoms with Crippen LogP contribution in [-0.2, 0) is 6.42 Å². The van der Waals surface area contributed by atoms with Gasteiger partial charge in [0.15, 0.2) is 0 Å². The van der Waals surface area contributed by atoms with Gasteiger partial charge in [-0.15, -0.1) is 12.4 Å². The van der Waals surface area contributed by atoms with Crippen LogP contribution in [0.5, 0.6) is 5.75 Å². The van der Waals surface area contributed by atoms with Gasteiger partial charge in [0.2, 0.25) is 0 Å². The molecule has 2 heterocycles. The summed E-state index contributed by atoms with van der Waals surface area (Å²) in [6, 6.07) is 13.9. The molecule has 1 unspecified atom stereocenters. The van der Waals surface area contributed by atoms with Gasteiger partial charge in [-0.25, -0.2) is 13.8 Å². The second-order valence-corrected chi connectivity index (χ2v) is 8.67. The number of nitrogens with one attached hydrogen (secondary N) is 1. The third-order valence-electron chi connectivity index (χ3n) is 6.02. The summed E-state index contributed by atoms with van der Waals surface area (Å²) in [6.07, 6.45) is 0.465. The van der Waals surface area contributed by atoms with Crippen LogP contribution in [-0.4, -0.2) is 55.8 Å². The summed E-state index contributed by atoms with van der Waals surface area (Å²) in [5, 5.41) is 4.27. The zero-order valence-corrected chi connectivity index (χ0v) is 20.7. The summed E-state index contributed by atoms with van der Waals surface area (Å²) in [6.45, 7) is 3.14. The molecule has 1 fully saturated rings. The molecule has 3 aromatic rings. The normalized spacial score (nSPS) is 14.9. The third kappa shape index (κ3) is 5.43. The molecule has 0 spiro atoms. The molecule has 1 atom stereocenters. The van der Waals surface area contributed by atoms with E-state index in [4.69, 9.17) is 4.74 Å². The van der Waals surface area contributed by atoms with Crippen molar-refractivity contribution in [1.29, 1.82) is 0 Å². The second-order valence-electron chi connectivity index (χ2n) is 7.85. The van der Waals surface area contributed by atoms with Gasteiger partial charge in [0.05, 0.1) is 12.8 Å². The van der Waals surface area contributed by atoms with Gasteiger partial charge in [-0.3, -0.25) is 9.69 Å². The Labute approximate surface area is 208 Å². The van der Waals surface area contributed by atoms with Crippen molar-refractivity contribution in [2.45, 2.75) is 12.5 Å². The summed E-state index contributed by atoms with van der Waals surface area (Å²) < 4.78 is 20.3. The van der Waals surface area contributed by atoms with Gasteiger partial charge in [0.25, 0.3) is 0 Å². The highest BCUT2D eigenvalue weighted by atomic mass is 35.5. The maximum atomic E-state index is 13.6. The number of amides is 1. The van der Waals surface area contributed by atoms with Crippen LogP contribution in [0.25, 0.3) is 0 Å². The predicted molar refractivity (Wildman–Crippen MR) is 135 cm³/mol. The lowest BCUT2D eigenvalue weighted by molar-refractivity contribution is 0.182. The molecule has 1 N–H and O–H groups in total. The number of anilines is 1. The average molecular weight is 507 g/mol. The van der Waals surface area contributed by atoms with Crippen LogP contribution in [0.15, 0.2) is 58.7 Å². The predicted octanol–water partition coefficient (Wildman–Crippen LogP) is 3.77. The number of piperazine rings is 1. The van der Waals surface area contributed by atoms with Crippen LogP contribution in [0.4, 0.5) is 14.9 Å². The van der Waals surface area contributed by atoms with Crippen LogP contribution >= 0.6 is 23.7 Å². The number of rotatable bonds is 6. The lowest BCUT2D eigenvalue weighted by atomic mass is 9.99. The molecular formula is C24H28ClFN4O3S. The standard InChI is InChI=1S/C24H27FN4O3S.ClH/c1-26-23(30)29-19(16-33-24(29)31)15-21(17-7-9-18(25)10-8-17)28-13-11-27(12-14-28)20-5-3-4-6-22(20)32-2;/h3-10,16,21H,11-15H2,1-2H3,(H,26,30);1H. The van der Waals surface area contributed by atoms with Crippen molar-refractivity contribution in [2.75, 3.05) is 45.2 Å². The topological polar surface area (TPSA) is 66.8 Å². The minimum Gasteiger partial charge on any atom is -0.495 e. The van der Waals surface area contributed by atoms with Gasteiger partial charge >= 0.3 is 10.9 Å². The summed E-state index contributed by atoms with van der Waals surface area (Å²) in [5.41, 5.74) is 2.65. The van der Waals surface area contributed by atoms with Gasteiger partial charge in [-0.2, -0.15) is 0 Å². The fraction of sp³-hybridized carbons (Fsp3) is 0.333. The zero-order valence-electron chi connectivity index (χ0n) is 19.1. The van der Waals surface area contributed by atoms with E-state index >= 15 is 0 Å². The van der Waals surface area contributed by atoms with E-state index in [0.29, 0.717) is 12.1 Å². The van der Waals surface area contributed by atoms with Gasteiger partial charge in [-0.1, -0.05) is 35.6 Å². The number of halogens is 2. The first kappa shape index (κ1) is 25.7. The van der Waals surface area contributed by atoms with Crippen molar-refractivity contribution in [3.05, 3.63) is 80.7 Å². The summed E-state index contributed by atoms with van der Waals surface area (Å²) in [4.78, 5) is 28.9. The highest BCUT2D eigenvalue weighted by Crippen LogP contribution is 2.31. The quantitative estimate of drug-likeness (QED) is 0.551. The smallest absolute Gasteiger partial charge is 0.329 e. The van der Waals surface area contributed by atoms with Crippen molar-refractivity contribution in [1.82, 2.24) is 14.8 Å². The molecule has 0 saturated carbocycles. The molecule has 0 radical (unpaired) electrons. The first-order valence-corrected chi connectivity index (χ1v) is 11.7. The van der Waals surface area contributed by atoms with E-state index in [0.717, 1.165) is 54.5 Å². The minimum absolute atomic E-state index is 0. The Bertz CT molecular complexity index is 1160. The molecule has 1 aliphatic rings. The van der Waals surface area contributed by atoms with Crippen molar-refractivity contribution < 1.29 is 13.9 Å². The summed E-state index contributed by atoms with van der Waals surface area (Å²) in [5.74, 6) is 0.546. The SMILES string of the molecule is CNC(=O)n1c(CC(c2ccc(F)cc2)N2CCN(c3ccccc3OC)CC2)csc1=O.Cl. The van der Waals surface area contributed by atoms with Crippen molar-refractivity contribution in [3.8, 4) is 5.75 Å². The molecular weight excluding hydrogens is 479 g/mol. The number of carbonyl (C=O) groups excluding carboxylic acids is 1. The number of carbonyl (C=O) groups is 1. The Morgan fingerprint density at radius 1 is 1.12 bits per heavy atom. The van der Waals surface area contributed by atoms with Crippen LogP contribution in [0, 0.1) is 5.82 Å². The largest absolute Gasteiger partial charge is 0.495 e. The van der Waals surface area contributed by atoms with Gasteiger partial charge < -0.3 is 15.0 Å². The Kier molecular flexibility index (Phi) is 8.71. The highest BCUT2D eigenvalue weighted by molar-refractivity contribution is 7.07. The molecule has 0 aliphatic carbocycles. The molecule has 4 rings (SSSR count). The first-order valence-electron chi connectivity index (χ1n) is 10.8. The minimum atomic E-state index is -0.449. The molecule has 10 heteroatoms. The highest BCUT2D eigenvalue weighted by Gasteiger charge is 2.28. The zero-order chi connectivity index (χ0) is 23.4. The van der Waals surface area contributed by atoms with E-state index in [2.05, 4.69) is 21.2 Å². The monoisotopic (exact) mass is 506 g/mol. The maximum absolute atomic E-state index is 13.6. The molecule has 182 valence electrons. The lowest BCUT2D eigenvalue weighted by Gasteiger charge is -2.40. The van der Waals surface area contributed by atoms with Crippen molar-refractivity contribution in [2.24, 2.45) is 0 Å². The van der Waals surface area contributed by atoms with Crippen molar-refractivity contribution in [3.63, 3.8) is 0 Å². The van der Waals surface area contributed by atoms with Gasteiger partial charge in [0, 0.05) is 56.8 Å². The number of methoxy groups -OCH3 is 1. The van der Waals surface area contributed by atoms with Crippen LogP contribution in [0.2, 0.25) is 0 Å². The number of hydrogen-bond donors (Lipinski definition) is 1. The van der Waals surface area contributed by atoms with Crippen LogP contribution in [0.3, 0.4) is 0 Å². The number of aromatic nitrogens is 1. The van der Waals surface area contributed by atoms with E-state index in [-0.39, 0.29) is 29.1 Å². The number of benzene rings is 2. The van der Waals surface area contributed by atoms with Gasteiger partial charge in [-0.05, 0) is 29.8 Å². The fourth-order valence-corrected chi connectivity index (χ4v) is 5.06. The Balaban J connectivity index is 0.00000324. The van der Waals surface area contributed by atoms with E-state index in [1.54, 1.807) is 24.6 Å². The molecule has 1 aliphatic heterocycles. The summed E-state index contributed by atoms with van der Waals surface area (Å²) >= 11 is 1.01. The van der Waals surface area contributed by atoms with E-state index in [1.807, 2.05) is 18.2 Å². The fourth-order valence-electron chi connectivity index (χ4n) is 4.31. The number of para-hydroxylation sites is 2. The summed E-state index contributed by atoms with van der Waals surface area (Å²) in [7, 11) is 3.18. The average Bonchev–Trinajstić information content (AvgIpc) is 3.22.